The maximum absolute atomic E-state index is 10.9. The number of rotatable bonds is 5. The fourth-order valence-corrected chi connectivity index (χ4v) is 1.50. The molecule has 5 nitrogen and oxygen atoms in total. The van der Waals surface area contributed by atoms with Crippen LogP contribution < -0.4 is 5.32 Å². The van der Waals surface area contributed by atoms with Gasteiger partial charge in [-0.05, 0) is 24.6 Å². The molecule has 0 saturated carbocycles. The van der Waals surface area contributed by atoms with Crippen molar-refractivity contribution < 1.29 is 19.8 Å². The summed E-state index contributed by atoms with van der Waals surface area (Å²) in [6.07, 6.45) is -0.499. The van der Waals surface area contributed by atoms with Gasteiger partial charge < -0.3 is 15.5 Å². The molecule has 0 bridgehead atoms. The van der Waals surface area contributed by atoms with Crippen LogP contribution in [0.1, 0.15) is 12.0 Å². The largest absolute Gasteiger partial charge is 0.481 e. The minimum atomic E-state index is -1.22. The molecule has 0 heterocycles. The first-order valence-corrected chi connectivity index (χ1v) is 5.26. The SMILES string of the molecule is Cc1c(Cl)cccc1NC(CC(=O)O)C(=O)O. The fourth-order valence-electron chi connectivity index (χ4n) is 1.33. The number of hydrogen-bond donors (Lipinski definition) is 3. The van der Waals surface area contributed by atoms with E-state index in [1.807, 2.05) is 0 Å². The van der Waals surface area contributed by atoms with E-state index in [2.05, 4.69) is 5.32 Å². The Hall–Kier alpha value is -1.75. The zero-order valence-corrected chi connectivity index (χ0v) is 9.86. The number of halogens is 1. The van der Waals surface area contributed by atoms with Crippen molar-refractivity contribution in [1.29, 1.82) is 0 Å². The predicted molar refractivity (Wildman–Crippen MR) is 63.5 cm³/mol. The lowest BCUT2D eigenvalue weighted by molar-refractivity contribution is -0.144. The van der Waals surface area contributed by atoms with Crippen molar-refractivity contribution in [3.63, 3.8) is 0 Å². The molecule has 0 spiro atoms. The summed E-state index contributed by atoms with van der Waals surface area (Å²) in [6.45, 7) is 1.73. The Kier molecular flexibility index (Phi) is 4.34. The normalized spacial score (nSPS) is 11.9. The highest BCUT2D eigenvalue weighted by Crippen LogP contribution is 2.23. The Balaban J connectivity index is 2.90. The summed E-state index contributed by atoms with van der Waals surface area (Å²) < 4.78 is 0. The Morgan fingerprint density at radius 3 is 2.59 bits per heavy atom. The van der Waals surface area contributed by atoms with Gasteiger partial charge in [0.1, 0.15) is 6.04 Å². The number of carboxylic acids is 2. The van der Waals surface area contributed by atoms with Crippen molar-refractivity contribution in [3.8, 4) is 0 Å². The highest BCUT2D eigenvalue weighted by Gasteiger charge is 2.21. The van der Waals surface area contributed by atoms with Crippen molar-refractivity contribution in [1.82, 2.24) is 0 Å². The van der Waals surface area contributed by atoms with E-state index in [0.29, 0.717) is 16.3 Å². The van der Waals surface area contributed by atoms with Gasteiger partial charge in [-0.25, -0.2) is 4.79 Å². The number of aliphatic carboxylic acids is 2. The van der Waals surface area contributed by atoms with Crippen molar-refractivity contribution in [2.24, 2.45) is 0 Å². The van der Waals surface area contributed by atoms with Crippen LogP contribution >= 0.6 is 11.6 Å². The third kappa shape index (κ3) is 3.64. The number of benzene rings is 1. The Morgan fingerprint density at radius 1 is 1.41 bits per heavy atom. The summed E-state index contributed by atoms with van der Waals surface area (Å²) in [5.74, 6) is -2.39. The Bertz CT molecular complexity index is 447. The molecule has 0 fully saturated rings. The van der Waals surface area contributed by atoms with E-state index in [0.717, 1.165) is 0 Å². The average molecular weight is 258 g/mol. The molecule has 1 unspecified atom stereocenters. The molecule has 6 heteroatoms. The van der Waals surface area contributed by atoms with Gasteiger partial charge in [0, 0.05) is 10.7 Å². The van der Waals surface area contributed by atoms with Gasteiger partial charge in [-0.2, -0.15) is 0 Å². The zero-order chi connectivity index (χ0) is 13.0. The van der Waals surface area contributed by atoms with Crippen molar-refractivity contribution in [2.45, 2.75) is 19.4 Å². The van der Waals surface area contributed by atoms with Crippen LogP contribution in [0.15, 0.2) is 18.2 Å². The number of nitrogens with one attached hydrogen (secondary N) is 1. The minimum Gasteiger partial charge on any atom is -0.481 e. The summed E-state index contributed by atoms with van der Waals surface area (Å²) in [5, 5.41) is 20.6. The number of carbonyl (C=O) groups is 2. The minimum absolute atomic E-state index is 0.495. The fraction of sp³-hybridized carbons (Fsp3) is 0.273. The standard InChI is InChI=1S/C11H12ClNO4/c1-6-7(12)3-2-4-8(6)13-9(11(16)17)5-10(14)15/h2-4,9,13H,5H2,1H3,(H,14,15)(H,16,17). The highest BCUT2D eigenvalue weighted by molar-refractivity contribution is 6.31. The molecule has 1 aromatic carbocycles. The maximum atomic E-state index is 10.9. The van der Waals surface area contributed by atoms with E-state index in [1.54, 1.807) is 25.1 Å². The van der Waals surface area contributed by atoms with E-state index >= 15 is 0 Å². The van der Waals surface area contributed by atoms with Gasteiger partial charge in [-0.3, -0.25) is 4.79 Å². The summed E-state index contributed by atoms with van der Waals surface area (Å²) >= 11 is 5.88. The molecule has 3 N–H and O–H groups in total. The molecule has 0 aromatic heterocycles. The average Bonchev–Trinajstić information content (AvgIpc) is 2.22. The van der Waals surface area contributed by atoms with Crippen LogP contribution in [0, 0.1) is 6.92 Å². The Labute approximate surface area is 103 Å². The van der Waals surface area contributed by atoms with Gasteiger partial charge >= 0.3 is 11.9 Å². The van der Waals surface area contributed by atoms with Crippen LogP contribution in [-0.2, 0) is 9.59 Å². The molecule has 1 aromatic rings. The summed E-state index contributed by atoms with van der Waals surface area (Å²) in [4.78, 5) is 21.4. The first-order chi connectivity index (χ1) is 7.91. The highest BCUT2D eigenvalue weighted by atomic mass is 35.5. The molecule has 92 valence electrons. The van der Waals surface area contributed by atoms with E-state index in [1.165, 1.54) is 0 Å². The van der Waals surface area contributed by atoms with Crippen LogP contribution in [0.2, 0.25) is 5.02 Å². The van der Waals surface area contributed by atoms with Gasteiger partial charge in [-0.15, -0.1) is 0 Å². The van der Waals surface area contributed by atoms with Gasteiger partial charge in [0.25, 0.3) is 0 Å². The van der Waals surface area contributed by atoms with Crippen molar-refractivity contribution in [3.05, 3.63) is 28.8 Å². The Morgan fingerprint density at radius 2 is 2.06 bits per heavy atom. The molecular weight excluding hydrogens is 246 g/mol. The number of carboxylic acid groups (broad SMARTS) is 2. The quantitative estimate of drug-likeness (QED) is 0.751. The second-order valence-electron chi connectivity index (χ2n) is 3.55. The first-order valence-electron chi connectivity index (χ1n) is 4.88. The summed E-state index contributed by atoms with van der Waals surface area (Å²) in [5.41, 5.74) is 1.21. The smallest absolute Gasteiger partial charge is 0.326 e. The third-order valence-electron chi connectivity index (χ3n) is 2.27. The molecule has 1 atom stereocenters. The van der Waals surface area contributed by atoms with Crippen LogP contribution in [-0.4, -0.2) is 28.2 Å². The molecule has 17 heavy (non-hydrogen) atoms. The van der Waals surface area contributed by atoms with Gasteiger partial charge in [0.2, 0.25) is 0 Å². The summed E-state index contributed by atoms with van der Waals surface area (Å²) in [7, 11) is 0. The van der Waals surface area contributed by atoms with Crippen LogP contribution in [0.3, 0.4) is 0 Å². The van der Waals surface area contributed by atoms with E-state index < -0.39 is 24.4 Å². The van der Waals surface area contributed by atoms with Gasteiger partial charge in [-0.1, -0.05) is 17.7 Å². The lowest BCUT2D eigenvalue weighted by Crippen LogP contribution is -2.32. The molecule has 0 amide bonds. The van der Waals surface area contributed by atoms with E-state index in [9.17, 15) is 9.59 Å². The first kappa shape index (κ1) is 13.3. The maximum Gasteiger partial charge on any atom is 0.326 e. The second-order valence-corrected chi connectivity index (χ2v) is 3.95. The summed E-state index contributed by atoms with van der Waals surface area (Å²) in [6, 6.07) is 3.82. The molecule has 0 radical (unpaired) electrons. The topological polar surface area (TPSA) is 86.6 Å². The molecule has 0 aliphatic carbocycles. The van der Waals surface area contributed by atoms with Gasteiger partial charge in [0.15, 0.2) is 0 Å². The van der Waals surface area contributed by atoms with Gasteiger partial charge in [0.05, 0.1) is 6.42 Å². The third-order valence-corrected chi connectivity index (χ3v) is 2.68. The molecule has 0 aliphatic heterocycles. The van der Waals surface area contributed by atoms with E-state index in [-0.39, 0.29) is 0 Å². The number of hydrogen-bond acceptors (Lipinski definition) is 3. The van der Waals surface area contributed by atoms with Crippen LogP contribution in [0.4, 0.5) is 5.69 Å². The van der Waals surface area contributed by atoms with Crippen molar-refractivity contribution >= 4 is 29.2 Å². The van der Waals surface area contributed by atoms with Crippen LogP contribution in [0.25, 0.3) is 0 Å². The second kappa shape index (κ2) is 5.54. The predicted octanol–water partition coefficient (Wildman–Crippen LogP) is 1.99. The van der Waals surface area contributed by atoms with Crippen molar-refractivity contribution in [2.75, 3.05) is 5.32 Å². The van der Waals surface area contributed by atoms with Crippen LogP contribution in [0.5, 0.6) is 0 Å². The van der Waals surface area contributed by atoms with E-state index in [4.69, 9.17) is 21.8 Å². The monoisotopic (exact) mass is 257 g/mol. The molecule has 1 rings (SSSR count). The lowest BCUT2D eigenvalue weighted by Gasteiger charge is -2.16. The zero-order valence-electron chi connectivity index (χ0n) is 9.11. The number of anilines is 1. The molecule has 0 aliphatic rings. The molecular formula is C11H12ClNO4. The lowest BCUT2D eigenvalue weighted by atomic mass is 10.1. The molecule has 0 saturated heterocycles.